The van der Waals surface area contributed by atoms with Crippen molar-refractivity contribution in [1.82, 2.24) is 24.8 Å². The van der Waals surface area contributed by atoms with Gasteiger partial charge < -0.3 is 9.88 Å². The molecule has 1 saturated heterocycles. The van der Waals surface area contributed by atoms with E-state index >= 15 is 0 Å². The molecule has 0 radical (unpaired) electrons. The summed E-state index contributed by atoms with van der Waals surface area (Å²) in [5.74, 6) is 0.995. The summed E-state index contributed by atoms with van der Waals surface area (Å²) in [4.78, 5) is 29.4. The lowest BCUT2D eigenvalue weighted by molar-refractivity contribution is 0.0538. The van der Waals surface area contributed by atoms with Gasteiger partial charge in [0.05, 0.1) is 16.7 Å². The topological polar surface area (TPSA) is 65.1 Å². The first-order chi connectivity index (χ1) is 10.1. The van der Waals surface area contributed by atoms with Crippen LogP contribution < -0.4 is 0 Å². The molecule has 21 heavy (non-hydrogen) atoms. The molecule has 2 aromatic heterocycles. The molecular weight excluding hydrogens is 286 g/mol. The standard InChI is InChI=1S/C14H19N5OS/c1-9-12(21-10(2)17-9)14(20)19-7-6-18(3)11(8-19)13-15-4-5-16-13/h4-5,11H,6-8H2,1-3H3,(H,15,16)/t11-/m0/s1. The Labute approximate surface area is 127 Å². The Morgan fingerprint density at radius 3 is 2.86 bits per heavy atom. The largest absolute Gasteiger partial charge is 0.347 e. The maximum absolute atomic E-state index is 12.7. The van der Waals surface area contributed by atoms with Gasteiger partial charge in [-0.25, -0.2) is 9.97 Å². The van der Waals surface area contributed by atoms with E-state index in [9.17, 15) is 4.79 Å². The lowest BCUT2D eigenvalue weighted by Gasteiger charge is -2.38. The Morgan fingerprint density at radius 2 is 2.24 bits per heavy atom. The molecular formula is C14H19N5OS. The quantitative estimate of drug-likeness (QED) is 0.915. The van der Waals surface area contributed by atoms with Crippen molar-refractivity contribution in [3.63, 3.8) is 0 Å². The summed E-state index contributed by atoms with van der Waals surface area (Å²) in [7, 11) is 2.07. The number of nitrogens with one attached hydrogen (secondary N) is 1. The summed E-state index contributed by atoms with van der Waals surface area (Å²) in [6, 6.07) is 0.118. The minimum atomic E-state index is 0.0859. The van der Waals surface area contributed by atoms with E-state index in [0.717, 1.165) is 34.5 Å². The second-order valence-electron chi connectivity index (χ2n) is 5.37. The van der Waals surface area contributed by atoms with Gasteiger partial charge in [0.1, 0.15) is 10.7 Å². The number of rotatable bonds is 2. The SMILES string of the molecule is Cc1nc(C)c(C(=O)N2CCN(C)[C@H](c3ncc[nH]3)C2)s1. The lowest BCUT2D eigenvalue weighted by Crippen LogP contribution is -2.49. The molecule has 1 aliphatic rings. The number of carbonyl (C=O) groups excluding carboxylic acids is 1. The van der Waals surface area contributed by atoms with Gasteiger partial charge in [-0.3, -0.25) is 9.69 Å². The van der Waals surface area contributed by atoms with Gasteiger partial charge in [0.15, 0.2) is 0 Å². The van der Waals surface area contributed by atoms with Gasteiger partial charge in [-0.15, -0.1) is 11.3 Å². The number of amides is 1. The highest BCUT2D eigenvalue weighted by atomic mass is 32.1. The fourth-order valence-corrected chi connectivity index (χ4v) is 3.57. The maximum Gasteiger partial charge on any atom is 0.265 e. The summed E-state index contributed by atoms with van der Waals surface area (Å²) in [5, 5.41) is 0.938. The van der Waals surface area contributed by atoms with E-state index in [1.807, 2.05) is 24.9 Å². The van der Waals surface area contributed by atoms with Crippen LogP contribution in [0.3, 0.4) is 0 Å². The van der Waals surface area contributed by atoms with Gasteiger partial charge in [0.25, 0.3) is 5.91 Å². The number of hydrogen-bond acceptors (Lipinski definition) is 5. The van der Waals surface area contributed by atoms with E-state index in [4.69, 9.17) is 0 Å². The number of carbonyl (C=O) groups is 1. The van der Waals surface area contributed by atoms with Crippen molar-refractivity contribution in [2.75, 3.05) is 26.7 Å². The van der Waals surface area contributed by atoms with Crippen LogP contribution in [0.15, 0.2) is 12.4 Å². The van der Waals surface area contributed by atoms with Crippen LogP contribution in [0.4, 0.5) is 0 Å². The van der Waals surface area contributed by atoms with E-state index in [1.54, 1.807) is 6.20 Å². The Hall–Kier alpha value is -1.73. The zero-order valence-electron chi connectivity index (χ0n) is 12.5. The van der Waals surface area contributed by atoms with Crippen LogP contribution in [-0.2, 0) is 0 Å². The van der Waals surface area contributed by atoms with Crippen LogP contribution in [0.5, 0.6) is 0 Å². The molecule has 1 amide bonds. The molecule has 0 unspecified atom stereocenters. The number of imidazole rings is 1. The average Bonchev–Trinajstić information content (AvgIpc) is 3.08. The van der Waals surface area contributed by atoms with E-state index in [2.05, 4.69) is 26.9 Å². The number of hydrogen-bond donors (Lipinski definition) is 1. The minimum absolute atomic E-state index is 0.0859. The van der Waals surface area contributed by atoms with Crippen molar-refractivity contribution in [3.05, 3.63) is 33.8 Å². The monoisotopic (exact) mass is 305 g/mol. The molecule has 0 aromatic carbocycles. The molecule has 3 rings (SSSR count). The molecule has 0 spiro atoms. The van der Waals surface area contributed by atoms with Gasteiger partial charge >= 0.3 is 0 Å². The third kappa shape index (κ3) is 2.71. The first-order valence-corrected chi connectivity index (χ1v) is 7.80. The Bertz CT molecular complexity index is 636. The fraction of sp³-hybridized carbons (Fsp3) is 0.500. The van der Waals surface area contributed by atoms with Crippen molar-refractivity contribution in [1.29, 1.82) is 0 Å². The van der Waals surface area contributed by atoms with Crippen molar-refractivity contribution in [3.8, 4) is 0 Å². The zero-order chi connectivity index (χ0) is 15.0. The van der Waals surface area contributed by atoms with E-state index in [0.29, 0.717) is 6.54 Å². The van der Waals surface area contributed by atoms with E-state index < -0.39 is 0 Å². The highest BCUT2D eigenvalue weighted by Gasteiger charge is 2.31. The van der Waals surface area contributed by atoms with E-state index in [-0.39, 0.29) is 11.9 Å². The molecule has 0 aliphatic carbocycles. The molecule has 0 saturated carbocycles. The predicted octanol–water partition coefficient (Wildman–Crippen LogP) is 1.61. The summed E-state index contributed by atoms with van der Waals surface area (Å²) in [5.41, 5.74) is 0.830. The smallest absolute Gasteiger partial charge is 0.265 e. The van der Waals surface area contributed by atoms with Crippen LogP contribution in [0.2, 0.25) is 0 Å². The van der Waals surface area contributed by atoms with Crippen molar-refractivity contribution < 1.29 is 4.79 Å². The second-order valence-corrected chi connectivity index (χ2v) is 6.57. The third-order valence-electron chi connectivity index (χ3n) is 3.87. The number of nitrogens with zero attached hydrogens (tertiary/aromatic N) is 4. The van der Waals surface area contributed by atoms with Crippen molar-refractivity contribution in [2.24, 2.45) is 0 Å². The van der Waals surface area contributed by atoms with Crippen LogP contribution in [0, 0.1) is 13.8 Å². The number of H-pyrrole nitrogens is 1. The molecule has 6 nitrogen and oxygen atoms in total. The normalized spacial score (nSPS) is 20.0. The van der Waals surface area contributed by atoms with Crippen molar-refractivity contribution in [2.45, 2.75) is 19.9 Å². The van der Waals surface area contributed by atoms with Crippen LogP contribution in [0.1, 0.15) is 32.2 Å². The molecule has 2 aromatic rings. The van der Waals surface area contributed by atoms with Gasteiger partial charge in [0.2, 0.25) is 0 Å². The molecule has 1 atom stereocenters. The summed E-state index contributed by atoms with van der Waals surface area (Å²) in [6.45, 7) is 6.07. The number of likely N-dealkylation sites (N-methyl/N-ethyl adjacent to an activating group) is 1. The predicted molar refractivity (Wildman–Crippen MR) is 81.5 cm³/mol. The minimum Gasteiger partial charge on any atom is -0.347 e. The van der Waals surface area contributed by atoms with Gasteiger partial charge in [-0.2, -0.15) is 0 Å². The fourth-order valence-electron chi connectivity index (χ4n) is 2.69. The van der Waals surface area contributed by atoms with Crippen molar-refractivity contribution >= 4 is 17.2 Å². The maximum atomic E-state index is 12.7. The lowest BCUT2D eigenvalue weighted by atomic mass is 10.1. The Kier molecular flexibility index (Phi) is 3.77. The zero-order valence-corrected chi connectivity index (χ0v) is 13.3. The Morgan fingerprint density at radius 1 is 1.43 bits per heavy atom. The molecule has 1 N–H and O–H groups in total. The molecule has 7 heteroatoms. The molecule has 1 fully saturated rings. The Balaban J connectivity index is 1.80. The number of thiazole rings is 1. The van der Waals surface area contributed by atoms with E-state index in [1.165, 1.54) is 11.3 Å². The first kappa shape index (κ1) is 14.2. The van der Waals surface area contributed by atoms with Gasteiger partial charge in [0, 0.05) is 32.0 Å². The molecule has 0 bridgehead atoms. The van der Waals surface area contributed by atoms with Crippen LogP contribution in [0.25, 0.3) is 0 Å². The number of aromatic amines is 1. The van der Waals surface area contributed by atoms with Gasteiger partial charge in [-0.1, -0.05) is 0 Å². The summed E-state index contributed by atoms with van der Waals surface area (Å²) < 4.78 is 0. The second kappa shape index (κ2) is 5.57. The highest BCUT2D eigenvalue weighted by Crippen LogP contribution is 2.25. The average molecular weight is 305 g/mol. The molecule has 3 heterocycles. The molecule has 1 aliphatic heterocycles. The highest BCUT2D eigenvalue weighted by molar-refractivity contribution is 7.13. The van der Waals surface area contributed by atoms with Gasteiger partial charge in [-0.05, 0) is 20.9 Å². The number of aromatic nitrogens is 3. The number of piperazine rings is 1. The molecule has 112 valence electrons. The summed E-state index contributed by atoms with van der Waals surface area (Å²) in [6.07, 6.45) is 3.57. The number of aryl methyl sites for hydroxylation is 2. The first-order valence-electron chi connectivity index (χ1n) is 6.99. The third-order valence-corrected chi connectivity index (χ3v) is 4.93. The van der Waals surface area contributed by atoms with Crippen LogP contribution >= 0.6 is 11.3 Å². The van der Waals surface area contributed by atoms with Crippen LogP contribution in [-0.4, -0.2) is 57.3 Å². The summed E-state index contributed by atoms with van der Waals surface area (Å²) >= 11 is 1.48.